The Labute approximate surface area is 190 Å². The first-order valence-electron chi connectivity index (χ1n) is 12.1. The molecule has 1 aromatic heterocycles. The van der Waals surface area contributed by atoms with Gasteiger partial charge in [-0.3, -0.25) is 9.59 Å². The molecule has 5 aliphatic rings. The van der Waals surface area contributed by atoms with Crippen LogP contribution in [0.2, 0.25) is 0 Å². The van der Waals surface area contributed by atoms with Crippen LogP contribution in [0.5, 0.6) is 0 Å². The zero-order valence-electron chi connectivity index (χ0n) is 19.3. The number of carbonyl (C=O) groups is 2. The highest BCUT2D eigenvalue weighted by Gasteiger charge is 2.60. The monoisotopic (exact) mass is 440 g/mol. The number of hydrogen-bond donors (Lipinski definition) is 3. The van der Waals surface area contributed by atoms with Crippen LogP contribution in [-0.4, -0.2) is 78.6 Å². The van der Waals surface area contributed by atoms with E-state index in [4.69, 9.17) is 0 Å². The maximum atomic E-state index is 13.2. The minimum absolute atomic E-state index is 0.000609. The molecule has 0 unspecified atom stereocenters. The van der Waals surface area contributed by atoms with E-state index < -0.39 is 5.66 Å². The van der Waals surface area contributed by atoms with Crippen molar-refractivity contribution in [1.82, 2.24) is 25.4 Å². The molecule has 32 heavy (non-hydrogen) atoms. The van der Waals surface area contributed by atoms with E-state index >= 15 is 0 Å². The third kappa shape index (κ3) is 3.88. The second kappa shape index (κ2) is 8.30. The van der Waals surface area contributed by atoms with E-state index in [1.54, 1.807) is 18.3 Å². The fraction of sp³-hybridized carbons (Fsp3) is 0.708. The van der Waals surface area contributed by atoms with Crippen LogP contribution in [0.3, 0.4) is 0 Å². The van der Waals surface area contributed by atoms with E-state index in [1.807, 2.05) is 0 Å². The lowest BCUT2D eigenvalue weighted by atomic mass is 9.51. The SMILES string of the molecule is CN1CCN(CCCNC(=O)[C@@H]2C[C@H]3CC[C@@]2(C)C[C@]32NC(=O)c3cccnc3N2)CC1. The molecule has 8 heteroatoms. The van der Waals surface area contributed by atoms with Gasteiger partial charge in [-0.1, -0.05) is 6.92 Å². The Morgan fingerprint density at radius 3 is 2.88 bits per heavy atom. The molecule has 4 atom stereocenters. The number of nitrogens with zero attached hydrogens (tertiary/aromatic N) is 3. The minimum Gasteiger partial charge on any atom is -0.356 e. The molecule has 1 spiro atoms. The maximum Gasteiger partial charge on any atom is 0.256 e. The number of rotatable bonds is 5. The van der Waals surface area contributed by atoms with Crippen LogP contribution in [0.25, 0.3) is 0 Å². The van der Waals surface area contributed by atoms with Gasteiger partial charge in [0.25, 0.3) is 5.91 Å². The van der Waals surface area contributed by atoms with Crippen molar-refractivity contribution in [2.24, 2.45) is 17.3 Å². The summed E-state index contributed by atoms with van der Waals surface area (Å²) in [5.74, 6) is 1.01. The molecule has 3 aliphatic carbocycles. The third-order valence-corrected chi connectivity index (χ3v) is 8.40. The molecule has 3 N–H and O–H groups in total. The summed E-state index contributed by atoms with van der Waals surface area (Å²) in [6.07, 6.45) is 6.30. The van der Waals surface area contributed by atoms with Crippen molar-refractivity contribution in [3.63, 3.8) is 0 Å². The Morgan fingerprint density at radius 1 is 1.28 bits per heavy atom. The predicted molar refractivity (Wildman–Crippen MR) is 123 cm³/mol. The average molecular weight is 441 g/mol. The van der Waals surface area contributed by atoms with Crippen LogP contribution in [0.1, 0.15) is 49.4 Å². The van der Waals surface area contributed by atoms with E-state index in [9.17, 15) is 9.59 Å². The topological polar surface area (TPSA) is 89.6 Å². The number of hydrogen-bond acceptors (Lipinski definition) is 6. The first-order valence-corrected chi connectivity index (χ1v) is 12.1. The summed E-state index contributed by atoms with van der Waals surface area (Å²) < 4.78 is 0. The largest absolute Gasteiger partial charge is 0.356 e. The van der Waals surface area contributed by atoms with Crippen LogP contribution in [0.15, 0.2) is 18.3 Å². The van der Waals surface area contributed by atoms with Crippen LogP contribution >= 0.6 is 0 Å². The molecule has 2 amide bonds. The summed E-state index contributed by atoms with van der Waals surface area (Å²) in [6.45, 7) is 8.49. The number of piperazine rings is 1. The summed E-state index contributed by atoms with van der Waals surface area (Å²) in [6, 6.07) is 3.59. The Balaban J connectivity index is 1.19. The van der Waals surface area contributed by atoms with Crippen molar-refractivity contribution < 1.29 is 9.59 Å². The number of anilines is 1. The lowest BCUT2D eigenvalue weighted by molar-refractivity contribution is -0.139. The van der Waals surface area contributed by atoms with Crippen LogP contribution < -0.4 is 16.0 Å². The van der Waals surface area contributed by atoms with E-state index in [-0.39, 0.29) is 29.1 Å². The Hall–Kier alpha value is -2.19. The zero-order valence-corrected chi connectivity index (χ0v) is 19.3. The van der Waals surface area contributed by atoms with Gasteiger partial charge in [0, 0.05) is 50.8 Å². The fourth-order valence-corrected chi connectivity index (χ4v) is 6.43. The molecule has 2 aliphatic heterocycles. The van der Waals surface area contributed by atoms with Gasteiger partial charge in [-0.25, -0.2) is 4.98 Å². The summed E-state index contributed by atoms with van der Waals surface area (Å²) in [7, 11) is 2.17. The lowest BCUT2D eigenvalue weighted by Gasteiger charge is -2.60. The van der Waals surface area contributed by atoms with E-state index in [0.29, 0.717) is 11.4 Å². The quantitative estimate of drug-likeness (QED) is 0.602. The molecule has 1 aromatic rings. The van der Waals surface area contributed by atoms with Crippen molar-refractivity contribution in [3.05, 3.63) is 23.9 Å². The average Bonchev–Trinajstić information content (AvgIpc) is 2.77. The van der Waals surface area contributed by atoms with Crippen molar-refractivity contribution in [1.29, 1.82) is 0 Å². The Kier molecular flexibility index (Phi) is 5.61. The lowest BCUT2D eigenvalue weighted by Crippen LogP contribution is -2.70. The van der Waals surface area contributed by atoms with E-state index in [2.05, 4.69) is 44.7 Å². The number of amides is 2. The smallest absolute Gasteiger partial charge is 0.256 e. The van der Waals surface area contributed by atoms with Gasteiger partial charge >= 0.3 is 0 Å². The molecule has 3 saturated carbocycles. The number of likely N-dealkylation sites (N-methyl/N-ethyl adjacent to an activating group) is 1. The molecule has 1 saturated heterocycles. The molecule has 0 aromatic carbocycles. The zero-order chi connectivity index (χ0) is 22.3. The predicted octanol–water partition coefficient (Wildman–Crippen LogP) is 1.51. The Morgan fingerprint density at radius 2 is 2.09 bits per heavy atom. The second-order valence-corrected chi connectivity index (χ2v) is 10.6. The minimum atomic E-state index is -0.496. The van der Waals surface area contributed by atoms with Gasteiger partial charge < -0.3 is 25.8 Å². The van der Waals surface area contributed by atoms with Gasteiger partial charge in [-0.2, -0.15) is 0 Å². The number of carbonyl (C=O) groups excluding carboxylic acids is 2. The van der Waals surface area contributed by atoms with Crippen LogP contribution in [-0.2, 0) is 4.79 Å². The Bertz CT molecular complexity index is 885. The molecular formula is C24H36N6O2. The standard InChI is InChI=1S/C24H36N6O2/c1-23-7-6-17(24(16-23)27-20-18(21(31)28-24)5-3-8-25-20)15-19(23)22(32)26-9-4-10-30-13-11-29(2)12-14-30/h3,5,8,17,19H,4,6-7,9-16H2,1-2H3,(H,25,27)(H,26,32)(H,28,31)/t17-,19+,23+,24+/m1/s1. The summed E-state index contributed by atoms with van der Waals surface area (Å²) in [5.41, 5.74) is -0.0358. The molecule has 8 nitrogen and oxygen atoms in total. The van der Waals surface area contributed by atoms with Gasteiger partial charge in [0.1, 0.15) is 11.5 Å². The number of nitrogens with one attached hydrogen (secondary N) is 3. The van der Waals surface area contributed by atoms with Gasteiger partial charge in [-0.15, -0.1) is 0 Å². The van der Waals surface area contributed by atoms with Crippen molar-refractivity contribution in [3.8, 4) is 0 Å². The first kappa shape index (κ1) is 21.6. The normalized spacial score (nSPS) is 34.6. The van der Waals surface area contributed by atoms with Gasteiger partial charge in [-0.05, 0) is 63.2 Å². The van der Waals surface area contributed by atoms with Gasteiger partial charge in [0.15, 0.2) is 0 Å². The highest BCUT2D eigenvalue weighted by Crippen LogP contribution is 2.58. The molecule has 2 bridgehead atoms. The first-order chi connectivity index (χ1) is 15.4. The molecule has 4 fully saturated rings. The van der Waals surface area contributed by atoms with E-state index in [0.717, 1.165) is 71.4 Å². The summed E-state index contributed by atoms with van der Waals surface area (Å²) in [5, 5.41) is 10.1. The van der Waals surface area contributed by atoms with Crippen LogP contribution in [0.4, 0.5) is 5.82 Å². The van der Waals surface area contributed by atoms with E-state index in [1.165, 1.54) is 0 Å². The molecule has 0 radical (unpaired) electrons. The van der Waals surface area contributed by atoms with Gasteiger partial charge in [0.05, 0.1) is 5.56 Å². The summed E-state index contributed by atoms with van der Waals surface area (Å²) >= 11 is 0. The number of pyridine rings is 1. The fourth-order valence-electron chi connectivity index (χ4n) is 6.43. The van der Waals surface area contributed by atoms with Gasteiger partial charge in [0.2, 0.25) is 5.91 Å². The number of aromatic nitrogens is 1. The molecule has 6 rings (SSSR count). The van der Waals surface area contributed by atoms with Crippen LogP contribution in [0, 0.1) is 17.3 Å². The van der Waals surface area contributed by atoms with Crippen molar-refractivity contribution >= 4 is 17.6 Å². The second-order valence-electron chi connectivity index (χ2n) is 10.6. The highest BCUT2D eigenvalue weighted by molar-refractivity contribution is 6.01. The molecular weight excluding hydrogens is 404 g/mol. The molecule has 174 valence electrons. The highest BCUT2D eigenvalue weighted by atomic mass is 16.2. The maximum absolute atomic E-state index is 13.2. The third-order valence-electron chi connectivity index (χ3n) is 8.40. The summed E-state index contributed by atoms with van der Waals surface area (Å²) in [4.78, 5) is 35.2. The van der Waals surface area contributed by atoms with Crippen molar-refractivity contribution in [2.45, 2.75) is 44.7 Å². The number of fused-ring (bicyclic) bond motifs is 3. The van der Waals surface area contributed by atoms with Crippen molar-refractivity contribution in [2.75, 3.05) is 51.6 Å². The molecule has 3 heterocycles.